The summed E-state index contributed by atoms with van der Waals surface area (Å²) in [4.78, 5) is 46.0. The molecule has 12 aromatic heterocycles. The second-order valence-electron chi connectivity index (χ2n) is 28.3. The third-order valence-corrected chi connectivity index (χ3v) is 21.1. The van der Waals surface area contributed by atoms with E-state index in [-0.39, 0.29) is 5.56 Å². The molecule has 0 unspecified atom stereocenters. The zero-order valence-corrected chi connectivity index (χ0v) is 64.9. The minimum Gasteiger partial charge on any atom is -0.378 e. The number of aromatic amines is 4. The number of anilines is 4. The van der Waals surface area contributed by atoms with Gasteiger partial charge in [-0.2, -0.15) is 59.9 Å². The molecular formula is C87H72ClF9N20O4. The molecule has 34 heteroatoms. The predicted molar refractivity (Wildman–Crippen MR) is 442 cm³/mol. The lowest BCUT2D eigenvalue weighted by Gasteiger charge is -2.29. The molecule has 20 rings (SSSR count). The lowest BCUT2D eigenvalue weighted by molar-refractivity contribution is -0.138. The van der Waals surface area contributed by atoms with Crippen molar-refractivity contribution in [2.24, 2.45) is 0 Å². The van der Waals surface area contributed by atoms with Crippen molar-refractivity contribution in [1.82, 2.24) is 80.7 Å². The van der Waals surface area contributed by atoms with E-state index in [1.165, 1.54) is 36.4 Å². The molecule has 16 aromatic rings. The van der Waals surface area contributed by atoms with E-state index < -0.39 is 35.2 Å². The largest absolute Gasteiger partial charge is 0.417 e. The number of benzene rings is 4. The van der Waals surface area contributed by atoms with Crippen LogP contribution in [-0.2, 0) is 37.5 Å². The Hall–Kier alpha value is -13.3. The molecule has 16 heterocycles. The zero-order valence-electron chi connectivity index (χ0n) is 64.2. The third kappa shape index (κ3) is 17.6. The molecule has 0 atom stereocenters. The minimum atomic E-state index is -4.48. The van der Waals surface area contributed by atoms with Crippen molar-refractivity contribution in [3.05, 3.63) is 241 Å². The number of H-pyrrole nitrogens is 4. The van der Waals surface area contributed by atoms with E-state index >= 15 is 0 Å². The summed E-state index contributed by atoms with van der Waals surface area (Å²) in [5.41, 5.74) is 11.3. The summed E-state index contributed by atoms with van der Waals surface area (Å²) in [6.45, 7) is 10.3. The normalized spacial score (nSPS) is 14.8. The van der Waals surface area contributed by atoms with Crippen molar-refractivity contribution < 1.29 is 58.5 Å². The summed E-state index contributed by atoms with van der Waals surface area (Å²) in [5.74, 6) is 2.92. The molecule has 121 heavy (non-hydrogen) atoms. The monoisotopic (exact) mass is 1670 g/mol. The number of nitrogens with one attached hydrogen (secondary N) is 4. The van der Waals surface area contributed by atoms with Gasteiger partial charge in [-0.15, -0.1) is 0 Å². The van der Waals surface area contributed by atoms with Crippen molar-refractivity contribution in [2.45, 2.75) is 18.5 Å². The van der Waals surface area contributed by atoms with Crippen LogP contribution in [0.5, 0.6) is 0 Å². The first-order valence-corrected chi connectivity index (χ1v) is 39.0. The van der Waals surface area contributed by atoms with Crippen LogP contribution in [0, 0.1) is 0 Å². The number of rotatable bonds is 12. The van der Waals surface area contributed by atoms with Crippen LogP contribution in [0.4, 0.5) is 62.8 Å². The number of hydrogen-bond acceptors (Lipinski definition) is 20. The Morgan fingerprint density at radius 3 is 0.959 bits per heavy atom. The average molecular weight is 1670 g/mol. The number of ether oxygens (including phenoxy) is 4. The van der Waals surface area contributed by atoms with Crippen LogP contribution in [0.3, 0.4) is 0 Å². The summed E-state index contributed by atoms with van der Waals surface area (Å²) in [6, 6.07) is 46.3. The number of halogens is 10. The molecule has 4 N–H and O–H groups in total. The number of aromatic nitrogens is 16. The fourth-order valence-corrected chi connectivity index (χ4v) is 15.2. The van der Waals surface area contributed by atoms with Crippen LogP contribution in [-0.4, -0.2) is 186 Å². The highest BCUT2D eigenvalue weighted by atomic mass is 35.5. The molecule has 4 aromatic carbocycles. The van der Waals surface area contributed by atoms with Crippen molar-refractivity contribution in [1.29, 1.82) is 0 Å². The zero-order chi connectivity index (χ0) is 83.2. The molecule has 0 amide bonds. The van der Waals surface area contributed by atoms with Crippen LogP contribution < -0.4 is 19.6 Å². The summed E-state index contributed by atoms with van der Waals surface area (Å²) in [5, 5.41) is 31.6. The van der Waals surface area contributed by atoms with E-state index in [9.17, 15) is 39.5 Å². The summed E-state index contributed by atoms with van der Waals surface area (Å²) >= 11 is 6.28. The fraction of sp³-hybridized carbons (Fsp3) is 0.218. The standard InChI is InChI=1S/3C22H18F3N5O.C21H18ClN5O/c23-22(24,25)15-3-1-14(2-4-15)17-13-19(30-9-11-31-12-10-30)28-20-16(17)5-7-26-21(20)18-6-8-27-29-18;23-22(24,25)15-3-1-2-14(12-15)17-13-19(30-8-10-31-11-9-30)28-20-16(17)4-6-26-21(20)18-5-7-27-29-18;23-22(24,25)17-4-2-1-3-14(17)16-13-19(30-9-11-31-12-10-30)28-20-15(16)5-7-26-21(20)18-6-8-27-29-18;22-15-3-1-2-14(12-15)17-13-19(27-8-10-28-11-9-27)25-20-16(17)4-6-23-21(20)18-5-7-24-26-18/h1-8,13H,9-12H2,(H,27,29);1-7,12-13H,8-11H2,(H,27,29);1-8,13H,9-12H2,(H,27,29);1-7,12-13H,8-11H2,(H,24,26). The lowest BCUT2D eigenvalue weighted by atomic mass is 9.95. The van der Waals surface area contributed by atoms with Crippen LogP contribution in [0.1, 0.15) is 16.7 Å². The SMILES string of the molecule is Clc1cccc(-c2cc(N3CCOCC3)nc3c(-c4ccn[nH]4)nccc23)c1.FC(F)(F)c1ccc(-c2cc(N3CCOCC3)nc3c(-c4ccn[nH]4)nccc23)cc1.FC(F)(F)c1cccc(-c2cc(N3CCOCC3)nc3c(-c4ccn[nH]4)nccc23)c1.FC(F)(F)c1ccccc1-c1cc(N2CCOCC2)nc2c(-c3ccn[nH]3)nccc12. The van der Waals surface area contributed by atoms with Gasteiger partial charge >= 0.3 is 18.5 Å². The lowest BCUT2D eigenvalue weighted by Crippen LogP contribution is -2.36. The van der Waals surface area contributed by atoms with Gasteiger partial charge < -0.3 is 38.5 Å². The quantitative estimate of drug-likeness (QED) is 0.0828. The molecule has 4 aliphatic heterocycles. The number of hydrogen-bond donors (Lipinski definition) is 4. The number of morpholine rings is 4. The Balaban J connectivity index is 0.000000115. The van der Waals surface area contributed by atoms with Gasteiger partial charge in [-0.1, -0.05) is 66.2 Å². The summed E-state index contributed by atoms with van der Waals surface area (Å²) in [7, 11) is 0. The molecule has 4 aliphatic rings. The molecule has 4 fully saturated rings. The Morgan fingerprint density at radius 1 is 0.289 bits per heavy atom. The molecule has 0 spiro atoms. The Kier molecular flexibility index (Phi) is 23.1. The first-order valence-electron chi connectivity index (χ1n) is 38.6. The van der Waals surface area contributed by atoms with E-state index in [1.54, 1.807) is 85.8 Å². The van der Waals surface area contributed by atoms with E-state index in [2.05, 4.69) is 87.6 Å². The Labute approximate surface area is 688 Å². The Morgan fingerprint density at radius 2 is 0.620 bits per heavy atom. The summed E-state index contributed by atoms with van der Waals surface area (Å²) < 4.78 is 143. The second kappa shape index (κ2) is 34.9. The van der Waals surface area contributed by atoms with Crippen LogP contribution in [0.25, 0.3) is 134 Å². The number of nitrogens with zero attached hydrogens (tertiary/aromatic N) is 16. The van der Waals surface area contributed by atoms with Gasteiger partial charge in [-0.3, -0.25) is 40.3 Å². The molecular weight excluding hydrogens is 1600 g/mol. The smallest absolute Gasteiger partial charge is 0.378 e. The van der Waals surface area contributed by atoms with Gasteiger partial charge in [0.05, 0.1) is 92.3 Å². The molecule has 0 aliphatic carbocycles. The first kappa shape index (κ1) is 80.1. The van der Waals surface area contributed by atoms with E-state index in [1.807, 2.05) is 65.7 Å². The van der Waals surface area contributed by atoms with Crippen molar-refractivity contribution in [3.8, 4) is 90.1 Å². The maximum absolute atomic E-state index is 13.8. The number of fused-ring (bicyclic) bond motifs is 4. The van der Waals surface area contributed by atoms with Gasteiger partial charge in [0.25, 0.3) is 0 Å². The first-order chi connectivity index (χ1) is 58.8. The van der Waals surface area contributed by atoms with Gasteiger partial charge in [0, 0.05) is 129 Å². The fourth-order valence-electron chi connectivity index (χ4n) is 15.0. The number of pyridine rings is 8. The van der Waals surface area contributed by atoms with Gasteiger partial charge in [0.15, 0.2) is 0 Å². The van der Waals surface area contributed by atoms with Crippen LogP contribution in [0.2, 0.25) is 5.02 Å². The van der Waals surface area contributed by atoms with E-state index in [0.717, 1.165) is 104 Å². The number of alkyl halides is 9. The van der Waals surface area contributed by atoms with E-state index in [0.29, 0.717) is 181 Å². The molecule has 0 saturated carbocycles. The maximum Gasteiger partial charge on any atom is 0.417 e. The molecule has 0 bridgehead atoms. The van der Waals surface area contributed by atoms with Gasteiger partial charge in [-0.05, 0) is 160 Å². The Bertz CT molecular complexity index is 6280. The molecule has 614 valence electrons. The van der Waals surface area contributed by atoms with Gasteiger partial charge in [-0.25, -0.2) is 19.9 Å². The minimum absolute atomic E-state index is 0.110. The third-order valence-electron chi connectivity index (χ3n) is 20.9. The predicted octanol–water partition coefficient (Wildman–Crippen LogP) is 17.8. The topological polar surface area (TPSA) is 268 Å². The molecule has 0 radical (unpaired) electrons. The van der Waals surface area contributed by atoms with Crippen LogP contribution >= 0.6 is 11.6 Å². The van der Waals surface area contributed by atoms with Crippen LogP contribution in [0.15, 0.2) is 219 Å². The average Bonchev–Trinajstić information content (AvgIpc) is 1.63. The van der Waals surface area contributed by atoms with Crippen molar-refractivity contribution in [3.63, 3.8) is 0 Å². The van der Waals surface area contributed by atoms with Crippen molar-refractivity contribution in [2.75, 3.05) is 125 Å². The maximum atomic E-state index is 13.8. The molecule has 4 saturated heterocycles. The van der Waals surface area contributed by atoms with E-state index in [4.69, 9.17) is 50.5 Å². The highest BCUT2D eigenvalue weighted by Gasteiger charge is 2.36. The summed E-state index contributed by atoms with van der Waals surface area (Å²) in [6.07, 6.45) is -0.0195. The van der Waals surface area contributed by atoms with Gasteiger partial charge in [0.1, 0.15) is 68.1 Å². The van der Waals surface area contributed by atoms with Crippen molar-refractivity contribution >= 4 is 78.5 Å². The molecule has 24 nitrogen and oxygen atoms in total. The van der Waals surface area contributed by atoms with Gasteiger partial charge in [0.2, 0.25) is 0 Å². The second-order valence-corrected chi connectivity index (χ2v) is 28.8. The highest BCUT2D eigenvalue weighted by molar-refractivity contribution is 6.31. The highest BCUT2D eigenvalue weighted by Crippen LogP contribution is 2.45.